The van der Waals surface area contributed by atoms with E-state index in [0.717, 1.165) is 17.1 Å². The number of likely N-dealkylation sites (N-methyl/N-ethyl adjacent to an activating group) is 1. The Morgan fingerprint density at radius 2 is 1.84 bits per heavy atom. The van der Waals surface area contributed by atoms with Gasteiger partial charge in [0.1, 0.15) is 5.82 Å². The third-order valence-corrected chi connectivity index (χ3v) is 6.50. The number of aromatic amines is 1. The van der Waals surface area contributed by atoms with E-state index in [0.29, 0.717) is 17.9 Å². The van der Waals surface area contributed by atoms with E-state index in [1.54, 1.807) is 0 Å². The molecule has 5 rings (SSSR count). The Morgan fingerprint density at radius 3 is 2.64 bits per heavy atom. The molecule has 1 aromatic heterocycles. The average Bonchev–Trinajstić information content (AvgIpc) is 3.14. The van der Waals surface area contributed by atoms with Gasteiger partial charge in [-0.3, -0.25) is 4.90 Å². The number of hydrogen-bond donors (Lipinski definition) is 1. The van der Waals surface area contributed by atoms with Crippen LogP contribution in [0, 0.1) is 6.92 Å². The molecule has 0 radical (unpaired) electrons. The molecule has 0 aliphatic carbocycles. The van der Waals surface area contributed by atoms with E-state index in [1.165, 1.54) is 36.2 Å². The number of aromatic nitrogens is 2. The number of imidazole rings is 1. The maximum Gasteiger partial charge on any atom is 0.112 e. The summed E-state index contributed by atoms with van der Waals surface area (Å²) in [5, 5.41) is 0. The van der Waals surface area contributed by atoms with Crippen molar-refractivity contribution in [2.75, 3.05) is 7.05 Å². The lowest BCUT2D eigenvalue weighted by Gasteiger charge is -2.42. The number of fused-ring (bicyclic) bond motifs is 3. The van der Waals surface area contributed by atoms with Crippen molar-refractivity contribution in [2.45, 2.75) is 50.1 Å². The van der Waals surface area contributed by atoms with Crippen LogP contribution in [0.5, 0.6) is 0 Å². The maximum atomic E-state index is 5.00. The summed E-state index contributed by atoms with van der Waals surface area (Å²) in [7, 11) is 2.31. The standard InChI is InChI=1S/C22H25N3/c1-14-7-9-15(10-8-14)17-13-16-11-12-20(25(16)2)21(17)22-23-18-5-3-4-6-19(18)24-22/h3-10,16-17,20-21H,11-13H2,1-2H3,(H,23,24). The first-order valence-corrected chi connectivity index (χ1v) is 9.44. The molecule has 3 heteroatoms. The van der Waals surface area contributed by atoms with Crippen molar-refractivity contribution in [3.8, 4) is 0 Å². The summed E-state index contributed by atoms with van der Waals surface area (Å²) in [5.74, 6) is 2.16. The van der Waals surface area contributed by atoms with E-state index in [9.17, 15) is 0 Å². The highest BCUT2D eigenvalue weighted by atomic mass is 15.2. The molecular weight excluding hydrogens is 306 g/mol. The van der Waals surface area contributed by atoms with Crippen molar-refractivity contribution in [1.82, 2.24) is 14.9 Å². The molecule has 1 N–H and O–H groups in total. The summed E-state index contributed by atoms with van der Waals surface area (Å²) in [6.45, 7) is 2.17. The number of nitrogens with one attached hydrogen (secondary N) is 1. The fraction of sp³-hybridized carbons (Fsp3) is 0.409. The van der Waals surface area contributed by atoms with E-state index in [1.807, 2.05) is 0 Å². The number of piperidine rings is 1. The van der Waals surface area contributed by atoms with Crippen molar-refractivity contribution in [3.05, 3.63) is 65.5 Å². The Morgan fingerprint density at radius 1 is 1.04 bits per heavy atom. The van der Waals surface area contributed by atoms with Gasteiger partial charge >= 0.3 is 0 Å². The number of para-hydroxylation sites is 2. The highest BCUT2D eigenvalue weighted by Gasteiger charge is 2.47. The van der Waals surface area contributed by atoms with E-state index in [4.69, 9.17) is 4.98 Å². The first-order valence-electron chi connectivity index (χ1n) is 9.44. The lowest BCUT2D eigenvalue weighted by atomic mass is 9.75. The molecule has 4 atom stereocenters. The molecule has 0 amide bonds. The molecule has 2 bridgehead atoms. The molecule has 25 heavy (non-hydrogen) atoms. The van der Waals surface area contributed by atoms with Crippen LogP contribution in [0.3, 0.4) is 0 Å². The molecule has 2 aliphatic rings. The number of aryl methyl sites for hydroxylation is 1. The Balaban J connectivity index is 1.62. The minimum atomic E-state index is 0.443. The molecule has 2 aliphatic heterocycles. The van der Waals surface area contributed by atoms with Crippen LogP contribution in [-0.2, 0) is 0 Å². The first kappa shape index (κ1) is 15.2. The molecule has 2 saturated heterocycles. The Kier molecular flexibility index (Phi) is 3.46. The molecular formula is C22H25N3. The van der Waals surface area contributed by atoms with Gasteiger partial charge in [0, 0.05) is 18.0 Å². The summed E-state index contributed by atoms with van der Waals surface area (Å²) >= 11 is 0. The molecule has 2 aromatic carbocycles. The van der Waals surface area contributed by atoms with Crippen LogP contribution < -0.4 is 0 Å². The highest BCUT2D eigenvalue weighted by Crippen LogP contribution is 2.50. The van der Waals surface area contributed by atoms with E-state index in [-0.39, 0.29) is 0 Å². The molecule has 0 spiro atoms. The van der Waals surface area contributed by atoms with Crippen molar-refractivity contribution in [3.63, 3.8) is 0 Å². The van der Waals surface area contributed by atoms with Crippen molar-refractivity contribution < 1.29 is 0 Å². The highest BCUT2D eigenvalue weighted by molar-refractivity contribution is 5.75. The molecule has 4 unspecified atom stereocenters. The monoisotopic (exact) mass is 331 g/mol. The second-order valence-corrected chi connectivity index (χ2v) is 7.88. The van der Waals surface area contributed by atoms with Crippen LogP contribution in [0.4, 0.5) is 0 Å². The van der Waals surface area contributed by atoms with Gasteiger partial charge in [0.05, 0.1) is 11.0 Å². The smallest absolute Gasteiger partial charge is 0.112 e. The number of nitrogens with zero attached hydrogens (tertiary/aromatic N) is 2. The fourth-order valence-corrected chi connectivity index (χ4v) is 5.13. The fourth-order valence-electron chi connectivity index (χ4n) is 5.13. The summed E-state index contributed by atoms with van der Waals surface area (Å²) in [6.07, 6.45) is 3.84. The molecule has 0 saturated carbocycles. The Hall–Kier alpha value is -2.13. The van der Waals surface area contributed by atoms with Crippen LogP contribution in [0.15, 0.2) is 48.5 Å². The number of rotatable bonds is 2. The van der Waals surface area contributed by atoms with Crippen LogP contribution in [0.25, 0.3) is 11.0 Å². The quantitative estimate of drug-likeness (QED) is 0.744. The van der Waals surface area contributed by atoms with Gasteiger partial charge in [-0.05, 0) is 56.8 Å². The van der Waals surface area contributed by atoms with Crippen LogP contribution in [0.2, 0.25) is 0 Å². The van der Waals surface area contributed by atoms with Gasteiger partial charge in [0.15, 0.2) is 0 Å². The minimum absolute atomic E-state index is 0.443. The van der Waals surface area contributed by atoms with Crippen LogP contribution in [0.1, 0.15) is 48.0 Å². The summed E-state index contributed by atoms with van der Waals surface area (Å²) in [5.41, 5.74) is 5.05. The zero-order chi connectivity index (χ0) is 17.0. The van der Waals surface area contributed by atoms with Crippen LogP contribution in [-0.4, -0.2) is 34.0 Å². The molecule has 3 aromatic rings. The van der Waals surface area contributed by atoms with E-state index >= 15 is 0 Å². The first-order chi connectivity index (χ1) is 12.2. The average molecular weight is 331 g/mol. The Labute approximate surface area is 149 Å². The summed E-state index contributed by atoms with van der Waals surface area (Å²) in [6, 6.07) is 18.9. The summed E-state index contributed by atoms with van der Waals surface area (Å²) < 4.78 is 0. The summed E-state index contributed by atoms with van der Waals surface area (Å²) in [4.78, 5) is 11.3. The zero-order valence-electron chi connectivity index (χ0n) is 14.9. The SMILES string of the molecule is Cc1ccc(C2CC3CCC(C2c2nc4ccccc4[nH]2)N3C)cc1. The number of benzene rings is 2. The van der Waals surface area contributed by atoms with E-state index < -0.39 is 0 Å². The zero-order valence-corrected chi connectivity index (χ0v) is 14.9. The van der Waals surface area contributed by atoms with Crippen LogP contribution >= 0.6 is 0 Å². The number of H-pyrrole nitrogens is 1. The Bertz CT molecular complexity index is 862. The van der Waals surface area contributed by atoms with Crippen molar-refractivity contribution in [1.29, 1.82) is 0 Å². The second-order valence-electron chi connectivity index (χ2n) is 7.88. The normalized spacial score (nSPS) is 29.4. The third kappa shape index (κ3) is 2.41. The lowest BCUT2D eigenvalue weighted by Crippen LogP contribution is -2.44. The van der Waals surface area contributed by atoms with Gasteiger partial charge < -0.3 is 4.98 Å². The predicted octanol–water partition coefficient (Wildman–Crippen LogP) is 4.61. The van der Waals surface area contributed by atoms with E-state index in [2.05, 4.69) is 72.4 Å². The molecule has 128 valence electrons. The molecule has 3 heterocycles. The lowest BCUT2D eigenvalue weighted by molar-refractivity contribution is 0.134. The van der Waals surface area contributed by atoms with Crippen molar-refractivity contribution in [2.24, 2.45) is 0 Å². The van der Waals surface area contributed by atoms with Gasteiger partial charge in [-0.1, -0.05) is 42.0 Å². The third-order valence-electron chi connectivity index (χ3n) is 6.50. The van der Waals surface area contributed by atoms with Gasteiger partial charge in [0.2, 0.25) is 0 Å². The molecule has 2 fully saturated rings. The largest absolute Gasteiger partial charge is 0.342 e. The predicted molar refractivity (Wildman–Crippen MR) is 102 cm³/mol. The topological polar surface area (TPSA) is 31.9 Å². The van der Waals surface area contributed by atoms with Crippen molar-refractivity contribution >= 4 is 11.0 Å². The number of hydrogen-bond acceptors (Lipinski definition) is 2. The second kappa shape index (κ2) is 5.70. The van der Waals surface area contributed by atoms with Gasteiger partial charge in [-0.25, -0.2) is 4.98 Å². The van der Waals surface area contributed by atoms with Gasteiger partial charge in [-0.15, -0.1) is 0 Å². The molecule has 3 nitrogen and oxygen atoms in total. The minimum Gasteiger partial charge on any atom is -0.342 e. The maximum absolute atomic E-state index is 5.00. The van der Waals surface area contributed by atoms with Gasteiger partial charge in [0.25, 0.3) is 0 Å². The van der Waals surface area contributed by atoms with Gasteiger partial charge in [-0.2, -0.15) is 0 Å².